The van der Waals surface area contributed by atoms with Crippen LogP contribution in [-0.2, 0) is 6.54 Å². The molecule has 1 aromatic rings. The van der Waals surface area contributed by atoms with E-state index in [0.29, 0.717) is 10.9 Å². The molecule has 0 aliphatic carbocycles. The van der Waals surface area contributed by atoms with Gasteiger partial charge in [-0.1, -0.05) is 18.3 Å². The standard InChI is InChI=1S/C7H8N2S2/c10-7(11)9-5-6-3-1-2-4-8-6/h1-4H,5H2,(H2,9,10,11). The normalized spacial score (nSPS) is 9.18. The lowest BCUT2D eigenvalue weighted by atomic mass is 10.3. The number of hydrogen-bond acceptors (Lipinski definition) is 2. The molecule has 0 atom stereocenters. The van der Waals surface area contributed by atoms with Crippen molar-refractivity contribution in [1.29, 1.82) is 0 Å². The Morgan fingerprint density at radius 3 is 3.00 bits per heavy atom. The average Bonchev–Trinajstić information content (AvgIpc) is 2.03. The molecule has 1 N–H and O–H groups in total. The molecule has 0 unspecified atom stereocenters. The van der Waals surface area contributed by atoms with Crippen molar-refractivity contribution in [3.8, 4) is 0 Å². The van der Waals surface area contributed by atoms with Gasteiger partial charge >= 0.3 is 0 Å². The summed E-state index contributed by atoms with van der Waals surface area (Å²) in [5, 5.41) is 2.89. The summed E-state index contributed by atoms with van der Waals surface area (Å²) >= 11 is 8.64. The maximum Gasteiger partial charge on any atom is 0.130 e. The number of thiol groups is 1. The Hall–Kier alpha value is -0.610. The first kappa shape index (κ1) is 8.49. The molecule has 0 amide bonds. The predicted molar refractivity (Wildman–Crippen MR) is 52.7 cm³/mol. The van der Waals surface area contributed by atoms with Gasteiger partial charge in [0.05, 0.1) is 12.2 Å². The van der Waals surface area contributed by atoms with E-state index in [1.54, 1.807) is 6.20 Å². The van der Waals surface area contributed by atoms with Crippen LogP contribution in [0, 0.1) is 0 Å². The number of thiocarbonyl (C=S) groups is 1. The Balaban J connectivity index is 2.45. The number of nitrogens with zero attached hydrogens (tertiary/aromatic N) is 1. The van der Waals surface area contributed by atoms with Crippen molar-refractivity contribution in [3.05, 3.63) is 30.1 Å². The third-order valence-corrected chi connectivity index (χ3v) is 1.45. The van der Waals surface area contributed by atoms with E-state index in [1.807, 2.05) is 18.2 Å². The highest BCUT2D eigenvalue weighted by molar-refractivity contribution is 8.11. The van der Waals surface area contributed by atoms with E-state index in [-0.39, 0.29) is 0 Å². The van der Waals surface area contributed by atoms with E-state index in [4.69, 9.17) is 12.2 Å². The van der Waals surface area contributed by atoms with Crippen LogP contribution in [0.4, 0.5) is 0 Å². The largest absolute Gasteiger partial charge is 0.366 e. The van der Waals surface area contributed by atoms with Crippen LogP contribution in [0.1, 0.15) is 5.69 Å². The summed E-state index contributed by atoms with van der Waals surface area (Å²) in [5.41, 5.74) is 0.962. The summed E-state index contributed by atoms with van der Waals surface area (Å²) in [6.07, 6.45) is 1.75. The topological polar surface area (TPSA) is 24.9 Å². The van der Waals surface area contributed by atoms with Crippen LogP contribution in [0.15, 0.2) is 24.4 Å². The van der Waals surface area contributed by atoms with Gasteiger partial charge in [-0.2, -0.15) is 0 Å². The molecular formula is C7H8N2S2. The Bertz CT molecular complexity index is 235. The third kappa shape index (κ3) is 3.34. The molecule has 4 heteroatoms. The van der Waals surface area contributed by atoms with Gasteiger partial charge in [0.1, 0.15) is 4.32 Å². The molecule has 1 heterocycles. The molecule has 11 heavy (non-hydrogen) atoms. The maximum absolute atomic E-state index is 4.72. The molecular weight excluding hydrogens is 176 g/mol. The highest BCUT2D eigenvalue weighted by atomic mass is 32.1. The lowest BCUT2D eigenvalue weighted by molar-refractivity contribution is 0.893. The van der Waals surface area contributed by atoms with Gasteiger partial charge in [0.15, 0.2) is 0 Å². The minimum Gasteiger partial charge on any atom is -0.366 e. The Labute approximate surface area is 76.4 Å². The zero-order valence-electron chi connectivity index (χ0n) is 5.82. The Morgan fingerprint density at radius 2 is 2.45 bits per heavy atom. The van der Waals surface area contributed by atoms with E-state index < -0.39 is 0 Å². The molecule has 0 aliphatic heterocycles. The monoisotopic (exact) mass is 184 g/mol. The summed E-state index contributed by atoms with van der Waals surface area (Å²) in [4.78, 5) is 4.09. The molecule has 0 saturated heterocycles. The maximum atomic E-state index is 4.72. The second kappa shape index (κ2) is 4.31. The number of rotatable bonds is 2. The van der Waals surface area contributed by atoms with E-state index in [1.165, 1.54) is 0 Å². The fourth-order valence-electron chi connectivity index (χ4n) is 0.669. The molecule has 1 aromatic heterocycles. The second-order valence-electron chi connectivity index (χ2n) is 1.98. The molecule has 0 aliphatic rings. The smallest absolute Gasteiger partial charge is 0.130 e. The fourth-order valence-corrected chi connectivity index (χ4v) is 0.820. The van der Waals surface area contributed by atoms with E-state index >= 15 is 0 Å². The fraction of sp³-hybridized carbons (Fsp3) is 0.143. The van der Waals surface area contributed by atoms with Crippen LogP contribution in [0.3, 0.4) is 0 Å². The highest BCUT2D eigenvalue weighted by Gasteiger charge is 1.90. The van der Waals surface area contributed by atoms with Gasteiger partial charge in [-0.25, -0.2) is 0 Å². The van der Waals surface area contributed by atoms with Gasteiger partial charge in [-0.3, -0.25) is 4.98 Å². The average molecular weight is 184 g/mol. The van der Waals surface area contributed by atoms with Crippen LogP contribution in [-0.4, -0.2) is 9.30 Å². The Morgan fingerprint density at radius 1 is 1.64 bits per heavy atom. The molecule has 0 saturated carbocycles. The minimum atomic E-state index is 0.496. The van der Waals surface area contributed by atoms with Gasteiger partial charge in [-0.05, 0) is 12.1 Å². The predicted octanol–water partition coefficient (Wildman–Crippen LogP) is 1.39. The summed E-state index contributed by atoms with van der Waals surface area (Å²) < 4.78 is 0.496. The van der Waals surface area contributed by atoms with Crippen molar-refractivity contribution in [1.82, 2.24) is 10.3 Å². The van der Waals surface area contributed by atoms with Crippen molar-refractivity contribution in [3.63, 3.8) is 0 Å². The first-order chi connectivity index (χ1) is 5.29. The van der Waals surface area contributed by atoms with Gasteiger partial charge in [-0.15, -0.1) is 12.6 Å². The summed E-state index contributed by atoms with van der Waals surface area (Å²) in [6, 6.07) is 5.74. The van der Waals surface area contributed by atoms with Crippen LogP contribution in [0.2, 0.25) is 0 Å². The van der Waals surface area contributed by atoms with Crippen molar-refractivity contribution in [2.24, 2.45) is 0 Å². The molecule has 0 radical (unpaired) electrons. The molecule has 1 rings (SSSR count). The van der Waals surface area contributed by atoms with Gasteiger partial charge in [0, 0.05) is 6.20 Å². The lowest BCUT2D eigenvalue weighted by Gasteiger charge is -2.00. The zero-order valence-corrected chi connectivity index (χ0v) is 7.53. The summed E-state index contributed by atoms with van der Waals surface area (Å²) in [7, 11) is 0. The first-order valence-corrected chi connectivity index (χ1v) is 4.01. The second-order valence-corrected chi connectivity index (χ2v) is 3.14. The Kier molecular flexibility index (Phi) is 3.32. The van der Waals surface area contributed by atoms with Crippen molar-refractivity contribution < 1.29 is 0 Å². The number of pyridine rings is 1. The number of aromatic nitrogens is 1. The molecule has 0 bridgehead atoms. The SMILES string of the molecule is S=C(S)NCc1ccccn1. The third-order valence-electron chi connectivity index (χ3n) is 1.15. The zero-order chi connectivity index (χ0) is 8.10. The van der Waals surface area contributed by atoms with Gasteiger partial charge < -0.3 is 5.32 Å². The van der Waals surface area contributed by atoms with Crippen molar-refractivity contribution >= 4 is 29.2 Å². The van der Waals surface area contributed by atoms with Gasteiger partial charge in [0.25, 0.3) is 0 Å². The van der Waals surface area contributed by atoms with Crippen LogP contribution in [0.5, 0.6) is 0 Å². The van der Waals surface area contributed by atoms with Crippen molar-refractivity contribution in [2.45, 2.75) is 6.54 Å². The molecule has 2 nitrogen and oxygen atoms in total. The number of nitrogens with one attached hydrogen (secondary N) is 1. The van der Waals surface area contributed by atoms with E-state index in [2.05, 4.69) is 22.9 Å². The summed E-state index contributed by atoms with van der Waals surface area (Å²) in [5.74, 6) is 0. The quantitative estimate of drug-likeness (QED) is 0.536. The van der Waals surface area contributed by atoms with Gasteiger partial charge in [0.2, 0.25) is 0 Å². The minimum absolute atomic E-state index is 0.496. The van der Waals surface area contributed by atoms with Crippen LogP contribution in [0.25, 0.3) is 0 Å². The summed E-state index contributed by atoms with van der Waals surface area (Å²) in [6.45, 7) is 0.642. The molecule has 0 aromatic carbocycles. The van der Waals surface area contributed by atoms with E-state index in [9.17, 15) is 0 Å². The lowest BCUT2D eigenvalue weighted by Crippen LogP contribution is -2.15. The van der Waals surface area contributed by atoms with Crippen molar-refractivity contribution in [2.75, 3.05) is 0 Å². The molecule has 0 spiro atoms. The molecule has 0 fully saturated rings. The van der Waals surface area contributed by atoms with Crippen LogP contribution >= 0.6 is 24.8 Å². The van der Waals surface area contributed by atoms with E-state index in [0.717, 1.165) is 5.69 Å². The molecule has 58 valence electrons. The first-order valence-electron chi connectivity index (χ1n) is 3.16. The number of hydrogen-bond donors (Lipinski definition) is 2. The van der Waals surface area contributed by atoms with Crippen LogP contribution < -0.4 is 5.32 Å². The highest BCUT2D eigenvalue weighted by Crippen LogP contribution is 1.92.